The smallest absolute Gasteiger partial charge is 0.301 e. The molecule has 0 atom stereocenters. The van der Waals surface area contributed by atoms with Crippen molar-refractivity contribution in [1.29, 1.82) is 5.26 Å². The Kier molecular flexibility index (Phi) is 5.54. The maximum Gasteiger partial charge on any atom is 0.301 e. The maximum absolute atomic E-state index is 10.5. The zero-order valence-electron chi connectivity index (χ0n) is 11.6. The number of hydrogen-bond donors (Lipinski definition) is 1. The van der Waals surface area contributed by atoms with Crippen LogP contribution in [-0.4, -0.2) is 9.85 Å². The summed E-state index contributed by atoms with van der Waals surface area (Å²) in [6.45, 7) is 1.30. The Labute approximate surface area is 125 Å². The van der Waals surface area contributed by atoms with Crippen molar-refractivity contribution in [3.05, 3.63) is 73.8 Å². The van der Waals surface area contributed by atoms with Gasteiger partial charge in [-0.05, 0) is 25.1 Å². The minimum atomic E-state index is -0.725. The van der Waals surface area contributed by atoms with E-state index in [1.807, 2.05) is 24.3 Å². The average molecular weight is 300 g/mol. The molecule has 0 heterocycles. The molecule has 0 saturated carbocycles. The molecule has 0 radical (unpaired) electrons. The van der Waals surface area contributed by atoms with Crippen LogP contribution in [0.25, 0.3) is 0 Å². The molecular formula is C14H12N4O4. The van der Waals surface area contributed by atoms with Crippen LogP contribution in [0.4, 0.5) is 17.1 Å². The molecule has 22 heavy (non-hydrogen) atoms. The standard InChI is InChI=1S/C7H7N3O4.C7H5N/c1-4-6(9(11)12)3-2-5(8)7(4)10(13)14;8-6-7-4-2-1-3-5-7/h2-3H,8H2,1H3;1-5H. The number of nitriles is 1. The van der Waals surface area contributed by atoms with E-state index >= 15 is 0 Å². The number of rotatable bonds is 2. The molecule has 0 unspecified atom stereocenters. The van der Waals surface area contributed by atoms with E-state index in [1.165, 1.54) is 6.92 Å². The molecule has 2 N–H and O–H groups in total. The quantitative estimate of drug-likeness (QED) is 0.514. The Bertz CT molecular complexity index is 738. The van der Waals surface area contributed by atoms with Crippen LogP contribution in [0, 0.1) is 38.5 Å². The summed E-state index contributed by atoms with van der Waals surface area (Å²) in [5.74, 6) is 0. The van der Waals surface area contributed by atoms with Crippen LogP contribution in [0.3, 0.4) is 0 Å². The number of hydrogen-bond acceptors (Lipinski definition) is 6. The molecule has 8 heteroatoms. The summed E-state index contributed by atoms with van der Waals surface area (Å²) in [5, 5.41) is 29.3. The zero-order valence-corrected chi connectivity index (χ0v) is 11.6. The van der Waals surface area contributed by atoms with Crippen LogP contribution >= 0.6 is 0 Å². The molecular weight excluding hydrogens is 288 g/mol. The third kappa shape index (κ3) is 4.01. The van der Waals surface area contributed by atoms with E-state index in [4.69, 9.17) is 11.0 Å². The third-order valence-corrected chi connectivity index (χ3v) is 2.72. The van der Waals surface area contributed by atoms with Crippen molar-refractivity contribution >= 4 is 17.1 Å². The third-order valence-electron chi connectivity index (χ3n) is 2.72. The molecule has 2 aromatic carbocycles. The van der Waals surface area contributed by atoms with Gasteiger partial charge in [-0.3, -0.25) is 20.2 Å². The minimum Gasteiger partial charge on any atom is -0.393 e. The lowest BCUT2D eigenvalue weighted by molar-refractivity contribution is -0.394. The number of nitrogens with zero attached hydrogens (tertiary/aromatic N) is 3. The van der Waals surface area contributed by atoms with Crippen molar-refractivity contribution in [2.24, 2.45) is 0 Å². The van der Waals surface area contributed by atoms with Gasteiger partial charge in [-0.25, -0.2) is 0 Å². The van der Waals surface area contributed by atoms with Gasteiger partial charge in [0, 0.05) is 6.07 Å². The molecule has 2 rings (SSSR count). The van der Waals surface area contributed by atoms with Gasteiger partial charge < -0.3 is 5.73 Å². The summed E-state index contributed by atoms with van der Waals surface area (Å²) in [7, 11) is 0. The van der Waals surface area contributed by atoms with Crippen molar-refractivity contribution < 1.29 is 9.85 Å². The second-order valence-corrected chi connectivity index (χ2v) is 4.14. The molecule has 0 aliphatic heterocycles. The number of nitro benzene ring substituents is 2. The lowest BCUT2D eigenvalue weighted by Gasteiger charge is -2.00. The molecule has 112 valence electrons. The Hall–Kier alpha value is -3.47. The van der Waals surface area contributed by atoms with Gasteiger partial charge in [0.15, 0.2) is 0 Å². The minimum absolute atomic E-state index is 0.0278. The van der Waals surface area contributed by atoms with Crippen LogP contribution in [0.15, 0.2) is 42.5 Å². The highest BCUT2D eigenvalue weighted by molar-refractivity contribution is 5.68. The molecule has 0 saturated heterocycles. The van der Waals surface area contributed by atoms with Crippen molar-refractivity contribution in [2.75, 3.05) is 5.73 Å². The van der Waals surface area contributed by atoms with Gasteiger partial charge in [-0.15, -0.1) is 0 Å². The monoisotopic (exact) mass is 300 g/mol. The Balaban J connectivity index is 0.000000255. The van der Waals surface area contributed by atoms with Crippen molar-refractivity contribution in [1.82, 2.24) is 0 Å². The normalized spacial score (nSPS) is 9.09. The van der Waals surface area contributed by atoms with Crippen LogP contribution in [0.2, 0.25) is 0 Å². The van der Waals surface area contributed by atoms with Gasteiger partial charge >= 0.3 is 5.69 Å². The van der Waals surface area contributed by atoms with E-state index in [-0.39, 0.29) is 16.9 Å². The summed E-state index contributed by atoms with van der Waals surface area (Å²) < 4.78 is 0. The van der Waals surface area contributed by atoms with E-state index in [9.17, 15) is 20.2 Å². The largest absolute Gasteiger partial charge is 0.393 e. The van der Waals surface area contributed by atoms with Crippen molar-refractivity contribution in [2.45, 2.75) is 6.92 Å². The van der Waals surface area contributed by atoms with Crippen LogP contribution in [0.1, 0.15) is 11.1 Å². The first kappa shape index (κ1) is 16.6. The number of nitrogens with two attached hydrogens (primary N) is 1. The summed E-state index contributed by atoms with van der Waals surface area (Å²) in [4.78, 5) is 19.6. The van der Waals surface area contributed by atoms with Gasteiger partial charge in [0.2, 0.25) is 0 Å². The fraction of sp³-hybridized carbons (Fsp3) is 0.0714. The summed E-state index contributed by atoms with van der Waals surface area (Å²) >= 11 is 0. The Morgan fingerprint density at radius 2 is 1.64 bits per heavy atom. The van der Waals surface area contributed by atoms with Gasteiger partial charge in [0.25, 0.3) is 5.69 Å². The highest BCUT2D eigenvalue weighted by atomic mass is 16.6. The predicted molar refractivity (Wildman–Crippen MR) is 80.1 cm³/mol. The second kappa shape index (κ2) is 7.35. The highest BCUT2D eigenvalue weighted by Crippen LogP contribution is 2.32. The number of nitro groups is 2. The van der Waals surface area contributed by atoms with E-state index in [0.29, 0.717) is 5.56 Å². The molecule has 2 aromatic rings. The Morgan fingerprint density at radius 1 is 1.05 bits per heavy atom. The fourth-order valence-electron chi connectivity index (χ4n) is 1.66. The molecule has 0 fully saturated rings. The van der Waals surface area contributed by atoms with Gasteiger partial charge in [-0.2, -0.15) is 5.26 Å². The molecule has 0 bridgehead atoms. The average Bonchev–Trinajstić information content (AvgIpc) is 2.48. The molecule has 0 aromatic heterocycles. The van der Waals surface area contributed by atoms with E-state index in [0.717, 1.165) is 12.1 Å². The summed E-state index contributed by atoms with van der Waals surface area (Å²) in [5.41, 5.74) is 5.24. The molecule has 0 amide bonds. The van der Waals surface area contributed by atoms with Crippen molar-refractivity contribution in [3.8, 4) is 6.07 Å². The first-order valence-electron chi connectivity index (χ1n) is 6.01. The summed E-state index contributed by atoms with van der Waals surface area (Å²) in [6.07, 6.45) is 0. The fourth-order valence-corrected chi connectivity index (χ4v) is 1.66. The Morgan fingerprint density at radius 3 is 2.05 bits per heavy atom. The van der Waals surface area contributed by atoms with Gasteiger partial charge in [0.1, 0.15) is 11.3 Å². The zero-order chi connectivity index (χ0) is 16.7. The lowest BCUT2D eigenvalue weighted by Crippen LogP contribution is -2.01. The second-order valence-electron chi connectivity index (χ2n) is 4.14. The van der Waals surface area contributed by atoms with Crippen LogP contribution < -0.4 is 5.73 Å². The van der Waals surface area contributed by atoms with Crippen molar-refractivity contribution in [3.63, 3.8) is 0 Å². The molecule has 0 spiro atoms. The van der Waals surface area contributed by atoms with Gasteiger partial charge in [0.05, 0.1) is 21.5 Å². The van der Waals surface area contributed by atoms with Crippen LogP contribution in [-0.2, 0) is 0 Å². The summed E-state index contributed by atoms with van der Waals surface area (Å²) in [6, 6.07) is 13.5. The SMILES string of the molecule is Cc1c([N+](=O)[O-])ccc(N)c1[N+](=O)[O-].N#Cc1ccccc1. The maximum atomic E-state index is 10.5. The molecule has 8 nitrogen and oxygen atoms in total. The van der Waals surface area contributed by atoms with E-state index in [2.05, 4.69) is 0 Å². The number of benzene rings is 2. The number of anilines is 1. The first-order chi connectivity index (χ1) is 10.4. The van der Waals surface area contributed by atoms with E-state index < -0.39 is 15.5 Å². The van der Waals surface area contributed by atoms with E-state index in [1.54, 1.807) is 12.1 Å². The van der Waals surface area contributed by atoms with Crippen LogP contribution in [0.5, 0.6) is 0 Å². The number of nitrogen functional groups attached to an aromatic ring is 1. The van der Waals surface area contributed by atoms with Gasteiger partial charge in [-0.1, -0.05) is 18.2 Å². The highest BCUT2D eigenvalue weighted by Gasteiger charge is 2.23. The predicted octanol–water partition coefficient (Wildman–Crippen LogP) is 2.95. The first-order valence-corrected chi connectivity index (χ1v) is 6.01. The molecule has 0 aliphatic carbocycles. The molecule has 0 aliphatic rings. The lowest BCUT2D eigenvalue weighted by atomic mass is 10.1. The topological polar surface area (TPSA) is 136 Å².